The number of aromatic nitrogens is 1. The lowest BCUT2D eigenvalue weighted by Crippen LogP contribution is -2.14. The summed E-state index contributed by atoms with van der Waals surface area (Å²) in [5.74, 6) is 1.40. The summed E-state index contributed by atoms with van der Waals surface area (Å²) in [5, 5.41) is 0. The van der Waals surface area contributed by atoms with Crippen LogP contribution in [0.4, 0.5) is 0 Å². The maximum atomic E-state index is 12.4. The van der Waals surface area contributed by atoms with E-state index in [4.69, 9.17) is 9.47 Å². The van der Waals surface area contributed by atoms with E-state index in [1.54, 1.807) is 38.8 Å². The molecule has 1 heterocycles. The highest BCUT2D eigenvalue weighted by molar-refractivity contribution is 6.17. The molecule has 1 aromatic heterocycles. The molecule has 0 N–H and O–H groups in total. The van der Waals surface area contributed by atoms with Gasteiger partial charge in [0.1, 0.15) is 11.5 Å². The number of nitrogens with zero attached hydrogens (tertiary/aromatic N) is 2. The molecule has 0 atom stereocenters. The van der Waals surface area contributed by atoms with E-state index in [1.807, 2.05) is 26.2 Å². The van der Waals surface area contributed by atoms with Crippen molar-refractivity contribution in [3.63, 3.8) is 0 Å². The van der Waals surface area contributed by atoms with Crippen molar-refractivity contribution in [3.05, 3.63) is 71.1 Å². The number of benzene rings is 1. The zero-order chi connectivity index (χ0) is 18.8. The Bertz CT molecular complexity index is 888. The van der Waals surface area contributed by atoms with Crippen LogP contribution >= 0.6 is 0 Å². The van der Waals surface area contributed by atoms with Gasteiger partial charge in [0.05, 0.1) is 19.8 Å². The lowest BCUT2D eigenvalue weighted by atomic mass is 9.85. The van der Waals surface area contributed by atoms with E-state index in [-0.39, 0.29) is 5.78 Å². The van der Waals surface area contributed by atoms with Crippen LogP contribution in [-0.4, -0.2) is 44.0 Å². The minimum absolute atomic E-state index is 0.0747. The van der Waals surface area contributed by atoms with Crippen molar-refractivity contribution >= 4 is 11.4 Å². The molecule has 1 aromatic carbocycles. The number of hydrogen-bond acceptors (Lipinski definition) is 5. The Kier molecular flexibility index (Phi) is 4.91. The molecule has 0 amide bonds. The minimum Gasteiger partial charge on any atom is -0.496 e. The number of carbonyl (C=O) groups excluding carboxylic acids is 1. The lowest BCUT2D eigenvalue weighted by Gasteiger charge is -2.22. The average Bonchev–Trinajstić information content (AvgIpc) is 2.64. The fourth-order valence-corrected chi connectivity index (χ4v) is 3.15. The smallest absolute Gasteiger partial charge is 0.193 e. The Balaban J connectivity index is 2.19. The van der Waals surface area contributed by atoms with Crippen LogP contribution in [0.5, 0.6) is 11.5 Å². The maximum Gasteiger partial charge on any atom is 0.193 e. The maximum absolute atomic E-state index is 12.4. The van der Waals surface area contributed by atoms with Gasteiger partial charge in [-0.2, -0.15) is 0 Å². The number of methoxy groups -OCH3 is 2. The second kappa shape index (κ2) is 7.14. The van der Waals surface area contributed by atoms with Gasteiger partial charge < -0.3 is 14.4 Å². The molecule has 26 heavy (non-hydrogen) atoms. The first-order chi connectivity index (χ1) is 12.5. The molecule has 0 unspecified atom stereocenters. The predicted molar refractivity (Wildman–Crippen MR) is 102 cm³/mol. The van der Waals surface area contributed by atoms with Crippen molar-refractivity contribution in [2.45, 2.75) is 6.54 Å². The molecule has 0 fully saturated rings. The van der Waals surface area contributed by atoms with E-state index >= 15 is 0 Å². The third kappa shape index (κ3) is 3.13. The number of Topliss-reactive ketones (excluding diaryl/α,β-unsaturated/α-hetero) is 1. The van der Waals surface area contributed by atoms with Gasteiger partial charge in [-0.1, -0.05) is 6.58 Å². The third-order valence-electron chi connectivity index (χ3n) is 4.36. The van der Waals surface area contributed by atoms with Crippen LogP contribution in [0.15, 0.2) is 48.8 Å². The van der Waals surface area contributed by atoms with Gasteiger partial charge in [0.25, 0.3) is 0 Å². The van der Waals surface area contributed by atoms with Gasteiger partial charge in [-0.05, 0) is 49.5 Å². The summed E-state index contributed by atoms with van der Waals surface area (Å²) in [7, 11) is 7.28. The zero-order valence-corrected chi connectivity index (χ0v) is 15.5. The quantitative estimate of drug-likeness (QED) is 0.774. The van der Waals surface area contributed by atoms with Gasteiger partial charge in [-0.25, -0.2) is 0 Å². The number of allylic oxidation sites excluding steroid dienone is 2. The molecule has 3 rings (SSSR count). The van der Waals surface area contributed by atoms with Gasteiger partial charge in [-0.3, -0.25) is 9.78 Å². The molecular formula is C21H22N2O3. The van der Waals surface area contributed by atoms with E-state index < -0.39 is 0 Å². The van der Waals surface area contributed by atoms with Crippen molar-refractivity contribution in [3.8, 4) is 11.5 Å². The van der Waals surface area contributed by atoms with Crippen molar-refractivity contribution in [2.75, 3.05) is 28.3 Å². The van der Waals surface area contributed by atoms with Crippen LogP contribution in [0.2, 0.25) is 0 Å². The number of ketones is 1. The van der Waals surface area contributed by atoms with E-state index in [0.29, 0.717) is 17.7 Å². The first-order valence-corrected chi connectivity index (χ1v) is 8.26. The second-order valence-electron chi connectivity index (χ2n) is 6.43. The van der Waals surface area contributed by atoms with Gasteiger partial charge in [0, 0.05) is 35.6 Å². The summed E-state index contributed by atoms with van der Waals surface area (Å²) in [4.78, 5) is 18.6. The van der Waals surface area contributed by atoms with Gasteiger partial charge >= 0.3 is 0 Å². The Morgan fingerprint density at radius 2 is 1.77 bits per heavy atom. The third-order valence-corrected chi connectivity index (χ3v) is 4.36. The second-order valence-corrected chi connectivity index (χ2v) is 6.43. The number of ether oxygens (including phenoxy) is 2. The Hall–Kier alpha value is -2.92. The van der Waals surface area contributed by atoms with E-state index in [2.05, 4.69) is 16.5 Å². The van der Waals surface area contributed by atoms with Crippen molar-refractivity contribution < 1.29 is 14.3 Å². The van der Waals surface area contributed by atoms with Crippen LogP contribution in [0.1, 0.15) is 27.0 Å². The number of hydrogen-bond donors (Lipinski definition) is 0. The van der Waals surface area contributed by atoms with Crippen LogP contribution in [-0.2, 0) is 6.54 Å². The van der Waals surface area contributed by atoms with Crippen molar-refractivity contribution in [1.82, 2.24) is 9.88 Å². The van der Waals surface area contributed by atoms with Crippen molar-refractivity contribution in [1.29, 1.82) is 0 Å². The molecule has 0 saturated carbocycles. The summed E-state index contributed by atoms with van der Waals surface area (Å²) in [6.45, 7) is 4.59. The molecular weight excluding hydrogens is 328 g/mol. The predicted octanol–water partition coefficient (Wildman–Crippen LogP) is 3.34. The monoisotopic (exact) mass is 350 g/mol. The van der Waals surface area contributed by atoms with E-state index in [0.717, 1.165) is 33.8 Å². The molecule has 0 bridgehead atoms. The number of fused-ring (bicyclic) bond motifs is 1. The molecule has 0 radical (unpaired) electrons. The Morgan fingerprint density at radius 1 is 1.12 bits per heavy atom. The summed E-state index contributed by atoms with van der Waals surface area (Å²) in [6.07, 6.45) is 5.12. The number of rotatable bonds is 5. The first-order valence-electron chi connectivity index (χ1n) is 8.26. The topological polar surface area (TPSA) is 51.7 Å². The first kappa shape index (κ1) is 17.9. The molecule has 5 heteroatoms. The zero-order valence-electron chi connectivity index (χ0n) is 15.5. The molecule has 0 saturated heterocycles. The average molecular weight is 350 g/mol. The van der Waals surface area contributed by atoms with Gasteiger partial charge in [-0.15, -0.1) is 0 Å². The lowest BCUT2D eigenvalue weighted by molar-refractivity contribution is 0.103. The minimum atomic E-state index is -0.0747. The summed E-state index contributed by atoms with van der Waals surface area (Å²) in [6, 6.07) is 5.66. The largest absolute Gasteiger partial charge is 0.496 e. The standard InChI is InChI=1S/C21H22N2O3/c1-13-8-16(17-11-22-7-6-15(17)21(13)24)14-9-19(25-4)18(12-23(2)3)20(10-14)26-5/h6-11H,1,12H2,2-5H3. The van der Waals surface area contributed by atoms with Crippen LogP contribution in [0.25, 0.3) is 5.57 Å². The Labute approximate surface area is 153 Å². The normalized spacial score (nSPS) is 13.5. The molecule has 2 aromatic rings. The highest BCUT2D eigenvalue weighted by Gasteiger charge is 2.24. The van der Waals surface area contributed by atoms with Crippen LogP contribution in [0, 0.1) is 0 Å². The molecule has 1 aliphatic carbocycles. The van der Waals surface area contributed by atoms with Gasteiger partial charge in [0.15, 0.2) is 5.78 Å². The summed E-state index contributed by atoms with van der Waals surface area (Å²) < 4.78 is 11.2. The molecule has 0 aliphatic heterocycles. The molecule has 134 valence electrons. The number of pyridine rings is 1. The van der Waals surface area contributed by atoms with E-state index in [1.165, 1.54) is 0 Å². The summed E-state index contributed by atoms with van der Waals surface area (Å²) in [5.41, 5.74) is 4.59. The SMILES string of the molecule is C=C1C=C(c2cc(OC)c(CN(C)C)c(OC)c2)c2cnccc2C1=O. The fourth-order valence-electron chi connectivity index (χ4n) is 3.15. The molecule has 5 nitrogen and oxygen atoms in total. The molecule has 0 spiro atoms. The van der Waals surface area contributed by atoms with Gasteiger partial charge in [0.2, 0.25) is 0 Å². The Morgan fingerprint density at radius 3 is 2.35 bits per heavy atom. The fraction of sp³-hybridized carbons (Fsp3) is 0.238. The highest BCUT2D eigenvalue weighted by atomic mass is 16.5. The number of carbonyl (C=O) groups is 1. The van der Waals surface area contributed by atoms with E-state index in [9.17, 15) is 4.79 Å². The van der Waals surface area contributed by atoms with Crippen LogP contribution in [0.3, 0.4) is 0 Å². The van der Waals surface area contributed by atoms with Crippen molar-refractivity contribution in [2.24, 2.45) is 0 Å². The highest BCUT2D eigenvalue weighted by Crippen LogP contribution is 2.39. The van der Waals surface area contributed by atoms with Crippen LogP contribution < -0.4 is 9.47 Å². The summed E-state index contributed by atoms with van der Waals surface area (Å²) >= 11 is 0. The molecule has 1 aliphatic rings.